The van der Waals surface area contributed by atoms with Crippen molar-refractivity contribution in [1.82, 2.24) is 0 Å². The third-order valence-electron chi connectivity index (χ3n) is 3.01. The zero-order valence-corrected chi connectivity index (χ0v) is 13.0. The number of carbonyl (C=O) groups is 2. The normalized spacial score (nSPS) is 13.2. The zero-order valence-electron chi connectivity index (χ0n) is 13.0. The third kappa shape index (κ3) is 7.12. The second kappa shape index (κ2) is 9.34. The van der Waals surface area contributed by atoms with E-state index in [4.69, 9.17) is 9.47 Å². The third-order valence-corrected chi connectivity index (χ3v) is 3.01. The van der Waals surface area contributed by atoms with Crippen molar-refractivity contribution < 1.29 is 19.1 Å². The molecule has 0 saturated carbocycles. The van der Waals surface area contributed by atoms with Gasteiger partial charge in [-0.3, -0.25) is 0 Å². The van der Waals surface area contributed by atoms with E-state index in [2.05, 4.69) is 20.1 Å². The number of ether oxygens (including phenoxy) is 2. The summed E-state index contributed by atoms with van der Waals surface area (Å²) in [4.78, 5) is 23.0. The molecule has 2 unspecified atom stereocenters. The van der Waals surface area contributed by atoms with E-state index in [9.17, 15) is 9.59 Å². The number of carbonyl (C=O) groups excluding carboxylic acids is 2. The molecule has 0 aliphatic heterocycles. The summed E-state index contributed by atoms with van der Waals surface area (Å²) in [5, 5.41) is 0. The van der Waals surface area contributed by atoms with Crippen LogP contribution in [0.2, 0.25) is 0 Å². The van der Waals surface area contributed by atoms with Crippen molar-refractivity contribution in [2.45, 2.75) is 53.1 Å². The number of esters is 2. The highest BCUT2D eigenvalue weighted by Crippen LogP contribution is 2.18. The van der Waals surface area contributed by atoms with Crippen molar-refractivity contribution in [3.05, 3.63) is 24.3 Å². The zero-order chi connectivity index (χ0) is 15.7. The van der Waals surface area contributed by atoms with Crippen LogP contribution in [-0.4, -0.2) is 24.6 Å². The van der Waals surface area contributed by atoms with Crippen LogP contribution in [0.25, 0.3) is 0 Å². The fourth-order valence-corrected chi connectivity index (χ4v) is 1.59. The molecule has 0 aromatic rings. The predicted octanol–water partition coefficient (Wildman–Crippen LogP) is 3.42. The van der Waals surface area contributed by atoms with Gasteiger partial charge in [-0.25, -0.2) is 9.59 Å². The van der Waals surface area contributed by atoms with Crippen LogP contribution < -0.4 is 0 Å². The molecular formula is C16H26O4. The summed E-state index contributed by atoms with van der Waals surface area (Å²) in [5.41, 5.74) is 0.732. The smallest absolute Gasteiger partial charge is 0.333 e. The highest BCUT2D eigenvalue weighted by molar-refractivity contribution is 5.87. The Labute approximate surface area is 121 Å². The molecule has 0 N–H and O–H groups in total. The van der Waals surface area contributed by atoms with Crippen LogP contribution in [0.15, 0.2) is 24.3 Å². The Morgan fingerprint density at radius 2 is 1.65 bits per heavy atom. The Balaban J connectivity index is 4.52. The molecule has 0 aromatic carbocycles. The van der Waals surface area contributed by atoms with Gasteiger partial charge in [0, 0.05) is 17.1 Å². The molecule has 0 aliphatic rings. The summed E-state index contributed by atoms with van der Waals surface area (Å²) in [6, 6.07) is 0. The Morgan fingerprint density at radius 1 is 1.10 bits per heavy atom. The number of hydrogen-bond donors (Lipinski definition) is 0. The van der Waals surface area contributed by atoms with Crippen LogP contribution in [0, 0.1) is 5.92 Å². The van der Waals surface area contributed by atoms with Crippen molar-refractivity contribution in [2.75, 3.05) is 6.61 Å². The fraction of sp³-hybridized carbons (Fsp3) is 0.625. The lowest BCUT2D eigenvalue weighted by atomic mass is 9.97. The Bertz CT molecular complexity index is 371. The minimum absolute atomic E-state index is 0.0125. The van der Waals surface area contributed by atoms with Gasteiger partial charge in [0.15, 0.2) is 0 Å². The standard InChI is InChI=1S/C16H26O4/c1-7-8-9-14(10-19-15(17)11(2)3)13(6)20-16(18)12(4)5/h13-14H,2,4,7-10H2,1,3,5-6H3. The number of rotatable bonds is 9. The molecule has 0 radical (unpaired) electrons. The minimum Gasteiger partial charge on any atom is -0.462 e. The van der Waals surface area contributed by atoms with Gasteiger partial charge in [0.2, 0.25) is 0 Å². The molecule has 0 fully saturated rings. The van der Waals surface area contributed by atoms with Crippen molar-refractivity contribution in [2.24, 2.45) is 5.92 Å². The first kappa shape index (κ1) is 18.4. The average Bonchev–Trinajstić information content (AvgIpc) is 2.37. The van der Waals surface area contributed by atoms with Gasteiger partial charge >= 0.3 is 11.9 Å². The van der Waals surface area contributed by atoms with Crippen molar-refractivity contribution >= 4 is 11.9 Å². The first-order valence-electron chi connectivity index (χ1n) is 6.98. The average molecular weight is 282 g/mol. The molecule has 0 aliphatic carbocycles. The van der Waals surface area contributed by atoms with Crippen LogP contribution in [0.5, 0.6) is 0 Å². The van der Waals surface area contributed by atoms with E-state index in [1.807, 2.05) is 6.92 Å². The lowest BCUT2D eigenvalue weighted by Gasteiger charge is -2.24. The molecule has 2 atom stereocenters. The molecule has 0 bridgehead atoms. The molecule has 0 heterocycles. The van der Waals surface area contributed by atoms with Gasteiger partial charge in [-0.1, -0.05) is 32.9 Å². The lowest BCUT2D eigenvalue weighted by molar-refractivity contribution is -0.149. The molecule has 4 nitrogen and oxygen atoms in total. The summed E-state index contributed by atoms with van der Waals surface area (Å²) in [6.07, 6.45) is 2.55. The Kier molecular flexibility index (Phi) is 8.61. The first-order valence-corrected chi connectivity index (χ1v) is 6.98. The van der Waals surface area contributed by atoms with Gasteiger partial charge in [-0.05, 0) is 27.2 Å². The van der Waals surface area contributed by atoms with Gasteiger partial charge < -0.3 is 9.47 Å². The summed E-state index contributed by atoms with van der Waals surface area (Å²) in [5.74, 6) is -0.836. The van der Waals surface area contributed by atoms with E-state index in [0.717, 1.165) is 19.3 Å². The van der Waals surface area contributed by atoms with Crippen molar-refractivity contribution in [1.29, 1.82) is 0 Å². The lowest BCUT2D eigenvalue weighted by Crippen LogP contribution is -2.29. The van der Waals surface area contributed by atoms with Crippen LogP contribution in [0.3, 0.4) is 0 Å². The summed E-state index contributed by atoms with van der Waals surface area (Å²) < 4.78 is 10.5. The Morgan fingerprint density at radius 3 is 2.10 bits per heavy atom. The molecule has 4 heteroatoms. The van der Waals surface area contributed by atoms with Crippen molar-refractivity contribution in [3.63, 3.8) is 0 Å². The maximum Gasteiger partial charge on any atom is 0.333 e. The molecule has 20 heavy (non-hydrogen) atoms. The van der Waals surface area contributed by atoms with Crippen molar-refractivity contribution in [3.8, 4) is 0 Å². The Hall–Kier alpha value is -1.58. The van der Waals surface area contributed by atoms with Gasteiger partial charge in [0.1, 0.15) is 6.10 Å². The van der Waals surface area contributed by atoms with Gasteiger partial charge in [-0.2, -0.15) is 0 Å². The molecule has 0 amide bonds. The van der Waals surface area contributed by atoms with Crippen LogP contribution >= 0.6 is 0 Å². The van der Waals surface area contributed by atoms with E-state index in [-0.39, 0.29) is 18.6 Å². The quantitative estimate of drug-likeness (QED) is 0.480. The van der Waals surface area contributed by atoms with Crippen LogP contribution in [0.4, 0.5) is 0 Å². The van der Waals surface area contributed by atoms with Crippen LogP contribution in [-0.2, 0) is 19.1 Å². The predicted molar refractivity (Wildman–Crippen MR) is 79.2 cm³/mol. The molecule has 0 aromatic heterocycles. The number of unbranched alkanes of at least 4 members (excludes halogenated alkanes) is 1. The second-order valence-electron chi connectivity index (χ2n) is 5.17. The van der Waals surface area contributed by atoms with E-state index >= 15 is 0 Å². The maximum atomic E-state index is 11.5. The van der Waals surface area contributed by atoms with Crippen LogP contribution in [0.1, 0.15) is 47.0 Å². The minimum atomic E-state index is -0.412. The first-order chi connectivity index (χ1) is 9.29. The SMILES string of the molecule is C=C(C)C(=O)OCC(CCCC)C(C)OC(=O)C(=C)C. The van der Waals surface area contributed by atoms with E-state index in [0.29, 0.717) is 11.1 Å². The fourth-order valence-electron chi connectivity index (χ4n) is 1.59. The van der Waals surface area contributed by atoms with E-state index < -0.39 is 11.9 Å². The maximum absolute atomic E-state index is 11.5. The summed E-state index contributed by atoms with van der Waals surface area (Å²) in [7, 11) is 0. The van der Waals surface area contributed by atoms with Gasteiger partial charge in [0.25, 0.3) is 0 Å². The summed E-state index contributed by atoms with van der Waals surface area (Å²) in [6.45, 7) is 14.4. The van der Waals surface area contributed by atoms with E-state index in [1.54, 1.807) is 13.8 Å². The van der Waals surface area contributed by atoms with Gasteiger partial charge in [0.05, 0.1) is 6.61 Å². The second-order valence-corrected chi connectivity index (χ2v) is 5.17. The topological polar surface area (TPSA) is 52.6 Å². The molecule has 114 valence electrons. The molecule has 0 spiro atoms. The van der Waals surface area contributed by atoms with E-state index in [1.165, 1.54) is 0 Å². The molecular weight excluding hydrogens is 256 g/mol. The summed E-state index contributed by atoms with van der Waals surface area (Å²) >= 11 is 0. The molecule has 0 rings (SSSR count). The highest BCUT2D eigenvalue weighted by Gasteiger charge is 2.22. The van der Waals surface area contributed by atoms with Gasteiger partial charge in [-0.15, -0.1) is 0 Å². The number of hydrogen-bond acceptors (Lipinski definition) is 4. The molecule has 0 saturated heterocycles. The monoisotopic (exact) mass is 282 g/mol. The highest BCUT2D eigenvalue weighted by atomic mass is 16.6. The largest absolute Gasteiger partial charge is 0.462 e.